The van der Waals surface area contributed by atoms with Gasteiger partial charge in [0.15, 0.2) is 0 Å². The van der Waals surface area contributed by atoms with Crippen LogP contribution in [0.4, 0.5) is 0 Å². The molecule has 3 rings (SSSR count). The van der Waals surface area contributed by atoms with Crippen LogP contribution in [0.25, 0.3) is 0 Å². The molecule has 1 saturated carbocycles. The number of hydrogen-bond donors (Lipinski definition) is 4. The van der Waals surface area contributed by atoms with Crippen LogP contribution in [0.1, 0.15) is 56.1 Å². The fourth-order valence-electron chi connectivity index (χ4n) is 4.48. The maximum Gasteiger partial charge on any atom is 0.451 e. The summed E-state index contributed by atoms with van der Waals surface area (Å²) in [5.41, 5.74) is 9.29. The van der Waals surface area contributed by atoms with Crippen molar-refractivity contribution in [3.63, 3.8) is 0 Å². The Hall–Kier alpha value is -0.875. The van der Waals surface area contributed by atoms with E-state index in [0.717, 1.165) is 31.7 Å². The molecule has 0 bridgehead atoms. The SMILES string of the molecule is NC(CCCCB(O)O)C1CC(CCC2Cc3ccccc3CN2)C1. The van der Waals surface area contributed by atoms with Crippen LogP contribution in [0.15, 0.2) is 24.3 Å². The minimum Gasteiger partial charge on any atom is -0.427 e. The van der Waals surface area contributed by atoms with E-state index in [1.807, 2.05) is 0 Å². The lowest BCUT2D eigenvalue weighted by Crippen LogP contribution is -2.40. The first kappa shape index (κ1) is 18.9. The molecular formula is C20H33BN2O2. The Kier molecular flexibility index (Phi) is 6.94. The van der Waals surface area contributed by atoms with Gasteiger partial charge in [-0.15, -0.1) is 0 Å². The van der Waals surface area contributed by atoms with Gasteiger partial charge < -0.3 is 21.1 Å². The third-order valence-electron chi connectivity index (χ3n) is 6.22. The van der Waals surface area contributed by atoms with Crippen LogP contribution in [-0.2, 0) is 13.0 Å². The second-order valence-corrected chi connectivity index (χ2v) is 8.15. The van der Waals surface area contributed by atoms with Gasteiger partial charge in [-0.1, -0.05) is 37.1 Å². The van der Waals surface area contributed by atoms with Crippen LogP contribution in [0.3, 0.4) is 0 Å². The normalized spacial score (nSPS) is 26.6. The van der Waals surface area contributed by atoms with Gasteiger partial charge in [-0.25, -0.2) is 0 Å². The first-order chi connectivity index (χ1) is 12.1. The summed E-state index contributed by atoms with van der Waals surface area (Å²) in [7, 11) is -1.16. The molecule has 0 spiro atoms. The molecule has 4 nitrogen and oxygen atoms in total. The molecule has 5 heteroatoms. The summed E-state index contributed by atoms with van der Waals surface area (Å²) in [5, 5.41) is 21.4. The van der Waals surface area contributed by atoms with E-state index in [0.29, 0.717) is 24.3 Å². The Bertz CT molecular complexity index is 534. The first-order valence-corrected chi connectivity index (χ1v) is 10.0. The number of rotatable bonds is 9. The number of nitrogens with one attached hydrogen (secondary N) is 1. The van der Waals surface area contributed by atoms with Crippen molar-refractivity contribution in [3.05, 3.63) is 35.4 Å². The van der Waals surface area contributed by atoms with E-state index in [4.69, 9.17) is 15.8 Å². The number of benzene rings is 1. The summed E-state index contributed by atoms with van der Waals surface area (Å²) in [6, 6.07) is 9.72. The van der Waals surface area contributed by atoms with Crippen molar-refractivity contribution in [3.8, 4) is 0 Å². The Balaban J connectivity index is 1.28. The average molecular weight is 344 g/mol. The Morgan fingerprint density at radius 3 is 2.64 bits per heavy atom. The number of nitrogens with two attached hydrogens (primary N) is 1. The van der Waals surface area contributed by atoms with Gasteiger partial charge in [0.25, 0.3) is 0 Å². The number of fused-ring (bicyclic) bond motifs is 1. The maximum absolute atomic E-state index is 8.86. The molecule has 0 aromatic heterocycles. The van der Waals surface area contributed by atoms with E-state index in [9.17, 15) is 0 Å². The summed E-state index contributed by atoms with van der Waals surface area (Å²) in [6.45, 7) is 1.02. The van der Waals surface area contributed by atoms with Gasteiger partial charge in [-0.05, 0) is 67.8 Å². The van der Waals surface area contributed by atoms with Gasteiger partial charge in [-0.3, -0.25) is 0 Å². The van der Waals surface area contributed by atoms with Gasteiger partial charge in [0.1, 0.15) is 0 Å². The van der Waals surface area contributed by atoms with Crippen LogP contribution >= 0.6 is 0 Å². The summed E-state index contributed by atoms with van der Waals surface area (Å²) >= 11 is 0. The van der Waals surface area contributed by atoms with E-state index >= 15 is 0 Å². The first-order valence-electron chi connectivity index (χ1n) is 10.0. The molecule has 1 heterocycles. The summed E-state index contributed by atoms with van der Waals surface area (Å²) in [6.07, 6.45) is 9.68. The minimum atomic E-state index is -1.16. The predicted octanol–water partition coefficient (Wildman–Crippen LogP) is 2.48. The lowest BCUT2D eigenvalue weighted by molar-refractivity contribution is 0.140. The molecule has 1 aromatic carbocycles. The number of unbranched alkanes of at least 4 members (excludes halogenated alkanes) is 1. The molecule has 0 saturated heterocycles. The van der Waals surface area contributed by atoms with Gasteiger partial charge in [0.05, 0.1) is 0 Å². The molecule has 1 fully saturated rings. The van der Waals surface area contributed by atoms with Crippen molar-refractivity contribution in [2.24, 2.45) is 17.6 Å². The highest BCUT2D eigenvalue weighted by atomic mass is 16.4. The quantitative estimate of drug-likeness (QED) is 0.410. The standard InChI is InChI=1S/C20H33BN2O2/c22-20(7-3-4-10-21(24)25)18-11-15(12-18)8-9-19-13-16-5-1-2-6-17(16)14-23-19/h1-2,5-6,15,18-20,23-25H,3-4,7-14,22H2. The monoisotopic (exact) mass is 344 g/mol. The lowest BCUT2D eigenvalue weighted by Gasteiger charge is -2.40. The highest BCUT2D eigenvalue weighted by Crippen LogP contribution is 2.40. The zero-order valence-electron chi connectivity index (χ0n) is 15.2. The Morgan fingerprint density at radius 2 is 1.88 bits per heavy atom. The maximum atomic E-state index is 8.86. The molecule has 2 atom stereocenters. The highest BCUT2D eigenvalue weighted by Gasteiger charge is 2.33. The molecule has 1 aliphatic carbocycles. The third-order valence-corrected chi connectivity index (χ3v) is 6.22. The fraction of sp³-hybridized carbons (Fsp3) is 0.700. The van der Waals surface area contributed by atoms with Crippen LogP contribution in [0, 0.1) is 11.8 Å². The van der Waals surface area contributed by atoms with E-state index in [2.05, 4.69) is 29.6 Å². The van der Waals surface area contributed by atoms with Gasteiger partial charge in [0, 0.05) is 18.6 Å². The van der Waals surface area contributed by atoms with Crippen molar-refractivity contribution in [2.45, 2.75) is 76.3 Å². The second-order valence-electron chi connectivity index (χ2n) is 8.15. The molecule has 1 aromatic rings. The third kappa shape index (κ3) is 5.55. The zero-order chi connectivity index (χ0) is 17.6. The minimum absolute atomic E-state index is 0.298. The topological polar surface area (TPSA) is 78.5 Å². The highest BCUT2D eigenvalue weighted by molar-refractivity contribution is 6.40. The van der Waals surface area contributed by atoms with Crippen LogP contribution in [0.5, 0.6) is 0 Å². The van der Waals surface area contributed by atoms with E-state index < -0.39 is 7.12 Å². The van der Waals surface area contributed by atoms with E-state index in [-0.39, 0.29) is 0 Å². The van der Waals surface area contributed by atoms with Gasteiger partial charge in [0.2, 0.25) is 0 Å². The van der Waals surface area contributed by atoms with Gasteiger partial charge >= 0.3 is 7.12 Å². The van der Waals surface area contributed by atoms with E-state index in [1.54, 1.807) is 0 Å². The van der Waals surface area contributed by atoms with Crippen LogP contribution < -0.4 is 11.1 Å². The van der Waals surface area contributed by atoms with Gasteiger partial charge in [-0.2, -0.15) is 0 Å². The molecule has 0 radical (unpaired) electrons. The number of hydrogen-bond acceptors (Lipinski definition) is 4. The molecule has 1 aliphatic heterocycles. The van der Waals surface area contributed by atoms with Crippen molar-refractivity contribution in [1.29, 1.82) is 0 Å². The van der Waals surface area contributed by atoms with E-state index in [1.165, 1.54) is 43.2 Å². The molecule has 2 unspecified atom stereocenters. The van der Waals surface area contributed by atoms with Crippen LogP contribution in [0.2, 0.25) is 6.32 Å². The second kappa shape index (κ2) is 9.18. The van der Waals surface area contributed by atoms with Crippen molar-refractivity contribution >= 4 is 7.12 Å². The van der Waals surface area contributed by atoms with Crippen LogP contribution in [-0.4, -0.2) is 29.3 Å². The molecule has 25 heavy (non-hydrogen) atoms. The van der Waals surface area contributed by atoms with Crippen molar-refractivity contribution in [1.82, 2.24) is 5.32 Å². The predicted molar refractivity (Wildman–Crippen MR) is 103 cm³/mol. The van der Waals surface area contributed by atoms with Crippen molar-refractivity contribution in [2.75, 3.05) is 0 Å². The summed E-state index contributed by atoms with van der Waals surface area (Å²) in [5.74, 6) is 1.54. The molecular weight excluding hydrogens is 311 g/mol. The molecule has 138 valence electrons. The summed E-state index contributed by atoms with van der Waals surface area (Å²) in [4.78, 5) is 0. The average Bonchev–Trinajstić information content (AvgIpc) is 2.57. The molecule has 5 N–H and O–H groups in total. The smallest absolute Gasteiger partial charge is 0.427 e. The Morgan fingerprint density at radius 1 is 1.12 bits per heavy atom. The zero-order valence-corrected chi connectivity index (χ0v) is 15.2. The largest absolute Gasteiger partial charge is 0.451 e. The fourth-order valence-corrected chi connectivity index (χ4v) is 4.48. The Labute approximate surface area is 152 Å². The molecule has 2 aliphatic rings. The summed E-state index contributed by atoms with van der Waals surface area (Å²) < 4.78 is 0. The molecule has 0 amide bonds. The lowest BCUT2D eigenvalue weighted by atomic mass is 9.68. The van der Waals surface area contributed by atoms with Crippen molar-refractivity contribution < 1.29 is 10.0 Å².